The van der Waals surface area contributed by atoms with Crippen LogP contribution in [0.2, 0.25) is 0 Å². The van der Waals surface area contributed by atoms with Crippen LogP contribution in [0.3, 0.4) is 0 Å². The minimum atomic E-state index is -0.210. The Balaban J connectivity index is 1.79. The van der Waals surface area contributed by atoms with Gasteiger partial charge in [0, 0.05) is 18.0 Å². The molecule has 2 heterocycles. The Hall–Kier alpha value is -2.40. The highest BCUT2D eigenvalue weighted by molar-refractivity contribution is 8.14. The van der Waals surface area contributed by atoms with Crippen LogP contribution in [-0.2, 0) is 0 Å². The number of nitrogens with zero attached hydrogens (tertiary/aromatic N) is 2. The van der Waals surface area contributed by atoms with Gasteiger partial charge in [-0.05, 0) is 30.0 Å². The topological polar surface area (TPSA) is 56.0 Å². The van der Waals surface area contributed by atoms with Crippen molar-refractivity contribution in [2.24, 2.45) is 0 Å². The zero-order valence-corrected chi connectivity index (χ0v) is 11.2. The third-order valence-corrected chi connectivity index (χ3v) is 3.37. The van der Waals surface area contributed by atoms with Gasteiger partial charge in [0.1, 0.15) is 5.76 Å². The summed E-state index contributed by atoms with van der Waals surface area (Å²) in [6, 6.07) is 14.8. The number of aromatic nitrogens is 2. The van der Waals surface area contributed by atoms with E-state index in [0.29, 0.717) is 16.7 Å². The minimum Gasteiger partial charge on any atom is -0.452 e. The fourth-order valence-electron chi connectivity index (χ4n) is 1.68. The summed E-state index contributed by atoms with van der Waals surface area (Å²) >= 11 is 0.950. The Labute approximate surface area is 119 Å². The van der Waals surface area contributed by atoms with Crippen LogP contribution < -0.4 is 0 Å². The first-order valence-corrected chi connectivity index (χ1v) is 6.79. The minimum absolute atomic E-state index is 0.210. The van der Waals surface area contributed by atoms with Crippen molar-refractivity contribution in [3.63, 3.8) is 0 Å². The quantitative estimate of drug-likeness (QED) is 0.542. The van der Waals surface area contributed by atoms with Gasteiger partial charge < -0.3 is 4.42 Å². The van der Waals surface area contributed by atoms with E-state index < -0.39 is 0 Å². The van der Waals surface area contributed by atoms with Crippen molar-refractivity contribution >= 4 is 16.9 Å². The number of hydrogen-bond donors (Lipinski definition) is 0. The Morgan fingerprint density at radius 3 is 2.45 bits per heavy atom. The van der Waals surface area contributed by atoms with Crippen LogP contribution in [0.4, 0.5) is 0 Å². The Morgan fingerprint density at radius 2 is 1.70 bits per heavy atom. The van der Waals surface area contributed by atoms with Crippen molar-refractivity contribution < 1.29 is 9.21 Å². The lowest BCUT2D eigenvalue weighted by Gasteiger charge is -1.97. The van der Waals surface area contributed by atoms with Crippen molar-refractivity contribution in [2.75, 3.05) is 0 Å². The van der Waals surface area contributed by atoms with Gasteiger partial charge >= 0.3 is 0 Å². The molecule has 0 bridgehead atoms. The average molecular weight is 282 g/mol. The lowest BCUT2D eigenvalue weighted by atomic mass is 10.2. The van der Waals surface area contributed by atoms with Crippen molar-refractivity contribution in [2.45, 2.75) is 5.16 Å². The molecule has 0 amide bonds. The number of hydrogen-bond acceptors (Lipinski definition) is 5. The number of carbonyl (C=O) groups is 1. The highest BCUT2D eigenvalue weighted by Crippen LogP contribution is 2.25. The highest BCUT2D eigenvalue weighted by atomic mass is 32.2. The number of furan rings is 1. The van der Waals surface area contributed by atoms with Gasteiger partial charge in [0.2, 0.25) is 0 Å². The lowest BCUT2D eigenvalue weighted by molar-refractivity contribution is 0.106. The molecule has 98 valence electrons. The van der Waals surface area contributed by atoms with E-state index in [-0.39, 0.29) is 5.12 Å². The van der Waals surface area contributed by atoms with Gasteiger partial charge in [-0.3, -0.25) is 4.79 Å². The maximum absolute atomic E-state index is 12.0. The second-order valence-corrected chi connectivity index (χ2v) is 4.89. The van der Waals surface area contributed by atoms with Gasteiger partial charge in [0.05, 0.1) is 0 Å². The fourth-order valence-corrected chi connectivity index (χ4v) is 2.28. The molecule has 0 radical (unpaired) electrons. The summed E-state index contributed by atoms with van der Waals surface area (Å²) in [6.45, 7) is 0. The molecule has 0 aliphatic carbocycles. The van der Waals surface area contributed by atoms with Crippen LogP contribution in [0, 0.1) is 0 Å². The molecule has 0 fully saturated rings. The van der Waals surface area contributed by atoms with Gasteiger partial charge in [-0.15, -0.1) is 0 Å². The van der Waals surface area contributed by atoms with Crippen molar-refractivity contribution in [3.05, 3.63) is 66.7 Å². The van der Waals surface area contributed by atoms with Crippen LogP contribution in [0.25, 0.3) is 11.3 Å². The molecule has 4 nitrogen and oxygen atoms in total. The second kappa shape index (κ2) is 5.71. The van der Waals surface area contributed by atoms with E-state index in [2.05, 4.69) is 9.97 Å². The van der Waals surface area contributed by atoms with E-state index in [0.717, 1.165) is 17.3 Å². The zero-order chi connectivity index (χ0) is 13.8. The van der Waals surface area contributed by atoms with Gasteiger partial charge in [-0.1, -0.05) is 30.3 Å². The van der Waals surface area contributed by atoms with Crippen LogP contribution in [0.1, 0.15) is 10.6 Å². The summed E-state index contributed by atoms with van der Waals surface area (Å²) in [4.78, 5) is 20.0. The monoisotopic (exact) mass is 282 g/mol. The summed E-state index contributed by atoms with van der Waals surface area (Å²) in [5.74, 6) is 0.963. The third kappa shape index (κ3) is 2.78. The van der Waals surface area contributed by atoms with Gasteiger partial charge in [0.25, 0.3) is 5.12 Å². The van der Waals surface area contributed by atoms with E-state index in [1.165, 1.54) is 0 Å². The summed E-state index contributed by atoms with van der Waals surface area (Å²) in [5, 5.41) is 0.202. The highest BCUT2D eigenvalue weighted by Gasteiger charge is 2.15. The maximum atomic E-state index is 12.0. The summed E-state index contributed by atoms with van der Waals surface area (Å²) in [5.41, 5.74) is 0.938. The predicted octanol–water partition coefficient (Wildman–Crippen LogP) is 3.67. The molecule has 3 rings (SSSR count). The Kier molecular flexibility index (Phi) is 3.60. The van der Waals surface area contributed by atoms with E-state index in [1.54, 1.807) is 30.6 Å². The molecule has 0 saturated carbocycles. The first-order chi connectivity index (χ1) is 9.83. The number of thioether (sulfide) groups is 1. The fraction of sp³-hybridized carbons (Fsp3) is 0. The van der Waals surface area contributed by atoms with Crippen LogP contribution >= 0.6 is 11.8 Å². The van der Waals surface area contributed by atoms with E-state index in [9.17, 15) is 4.79 Å². The average Bonchev–Trinajstić information content (AvgIpc) is 2.99. The number of benzene rings is 1. The van der Waals surface area contributed by atoms with Gasteiger partial charge in [0.15, 0.2) is 10.9 Å². The largest absolute Gasteiger partial charge is 0.452 e. The molecule has 2 aromatic heterocycles. The van der Waals surface area contributed by atoms with Gasteiger partial charge in [-0.2, -0.15) is 0 Å². The molecule has 0 aliphatic rings. The SMILES string of the molecule is O=C(Sc1ncccn1)c1ccc(-c2ccccc2)o1. The van der Waals surface area contributed by atoms with Crippen molar-refractivity contribution in [3.8, 4) is 11.3 Å². The molecule has 5 heteroatoms. The molecule has 0 spiro atoms. The van der Waals surface area contributed by atoms with E-state index in [4.69, 9.17) is 4.42 Å². The van der Waals surface area contributed by atoms with E-state index >= 15 is 0 Å². The first-order valence-electron chi connectivity index (χ1n) is 5.97. The number of rotatable bonds is 3. The summed E-state index contributed by atoms with van der Waals surface area (Å²) in [6.07, 6.45) is 3.19. The lowest BCUT2D eigenvalue weighted by Crippen LogP contribution is -1.93. The predicted molar refractivity (Wildman–Crippen MR) is 76.4 cm³/mol. The first kappa shape index (κ1) is 12.6. The number of carbonyl (C=O) groups excluding carboxylic acids is 1. The Morgan fingerprint density at radius 1 is 0.950 bits per heavy atom. The zero-order valence-electron chi connectivity index (χ0n) is 10.4. The second-order valence-electron chi connectivity index (χ2n) is 3.95. The molecule has 0 atom stereocenters. The molecular weight excluding hydrogens is 272 g/mol. The summed E-state index contributed by atoms with van der Waals surface area (Å²) in [7, 11) is 0. The maximum Gasteiger partial charge on any atom is 0.262 e. The molecule has 20 heavy (non-hydrogen) atoms. The molecule has 1 aromatic carbocycles. The molecule has 0 N–H and O–H groups in total. The standard InChI is InChI=1S/C15H10N2O2S/c18-14(20-15-16-9-4-10-17-15)13-8-7-12(19-13)11-5-2-1-3-6-11/h1-10H. The van der Waals surface area contributed by atoms with Crippen LogP contribution in [-0.4, -0.2) is 15.1 Å². The Bertz CT molecular complexity index is 711. The molecule has 0 saturated heterocycles. The normalized spacial score (nSPS) is 10.4. The molecule has 0 aliphatic heterocycles. The van der Waals surface area contributed by atoms with Crippen molar-refractivity contribution in [1.29, 1.82) is 0 Å². The van der Waals surface area contributed by atoms with Crippen LogP contribution in [0.5, 0.6) is 0 Å². The van der Waals surface area contributed by atoms with Gasteiger partial charge in [-0.25, -0.2) is 9.97 Å². The van der Waals surface area contributed by atoms with Crippen molar-refractivity contribution in [1.82, 2.24) is 9.97 Å². The molecule has 0 unspecified atom stereocenters. The third-order valence-electron chi connectivity index (χ3n) is 2.59. The molecule has 3 aromatic rings. The molecular formula is C15H10N2O2S. The summed E-state index contributed by atoms with van der Waals surface area (Å²) < 4.78 is 5.58. The van der Waals surface area contributed by atoms with Crippen LogP contribution in [0.15, 0.2) is 70.5 Å². The smallest absolute Gasteiger partial charge is 0.262 e. The van der Waals surface area contributed by atoms with E-state index in [1.807, 2.05) is 30.3 Å².